The van der Waals surface area contributed by atoms with Crippen molar-refractivity contribution < 1.29 is 9.59 Å². The molecule has 2 amide bonds. The van der Waals surface area contributed by atoms with Gasteiger partial charge in [-0.15, -0.1) is 0 Å². The number of fused-ring (bicyclic) bond motifs is 1. The molecule has 0 saturated carbocycles. The van der Waals surface area contributed by atoms with Gasteiger partial charge in [-0.2, -0.15) is 0 Å². The summed E-state index contributed by atoms with van der Waals surface area (Å²) in [5.74, 6) is 0.0498. The minimum atomic E-state index is -0.0168. The Labute approximate surface area is 143 Å². The molecule has 1 heterocycles. The Bertz CT molecular complexity index is 678. The smallest absolute Gasteiger partial charge is 0.224 e. The van der Waals surface area contributed by atoms with E-state index >= 15 is 0 Å². The van der Waals surface area contributed by atoms with E-state index in [4.69, 9.17) is 0 Å². The number of benzene rings is 1. The Morgan fingerprint density at radius 3 is 2.71 bits per heavy atom. The van der Waals surface area contributed by atoms with Gasteiger partial charge in [0.25, 0.3) is 0 Å². The van der Waals surface area contributed by atoms with Gasteiger partial charge >= 0.3 is 0 Å². The van der Waals surface area contributed by atoms with Gasteiger partial charge in [-0.25, -0.2) is 0 Å². The Morgan fingerprint density at radius 2 is 1.96 bits per heavy atom. The van der Waals surface area contributed by atoms with E-state index in [1.165, 1.54) is 0 Å². The first-order valence-corrected chi connectivity index (χ1v) is 8.69. The average Bonchev–Trinajstić information content (AvgIpc) is 2.96. The molecule has 0 atom stereocenters. The molecule has 0 fully saturated rings. The van der Waals surface area contributed by atoms with E-state index in [-0.39, 0.29) is 11.8 Å². The normalized spacial score (nSPS) is 10.8. The van der Waals surface area contributed by atoms with Crippen LogP contribution in [-0.4, -0.2) is 41.3 Å². The van der Waals surface area contributed by atoms with Crippen LogP contribution < -0.4 is 5.32 Å². The van der Waals surface area contributed by atoms with Gasteiger partial charge in [0, 0.05) is 43.7 Å². The molecule has 2 aromatic rings. The van der Waals surface area contributed by atoms with Gasteiger partial charge in [-0.05, 0) is 18.1 Å². The maximum Gasteiger partial charge on any atom is 0.224 e. The number of hydrogen-bond donors (Lipinski definition) is 2. The first-order valence-electron chi connectivity index (χ1n) is 8.69. The zero-order valence-electron chi connectivity index (χ0n) is 14.6. The van der Waals surface area contributed by atoms with Crippen molar-refractivity contribution in [2.75, 3.05) is 19.6 Å². The minimum absolute atomic E-state index is 0.0168. The summed E-state index contributed by atoms with van der Waals surface area (Å²) in [6.07, 6.45) is 5.50. The average molecular weight is 329 g/mol. The molecule has 0 radical (unpaired) electrons. The van der Waals surface area contributed by atoms with Crippen molar-refractivity contribution in [3.8, 4) is 0 Å². The van der Waals surface area contributed by atoms with Crippen molar-refractivity contribution in [3.63, 3.8) is 0 Å². The molecule has 130 valence electrons. The number of unbranched alkanes of at least 4 members (excludes halogenated alkanes) is 2. The summed E-state index contributed by atoms with van der Waals surface area (Å²) in [5, 5.41) is 4.00. The van der Waals surface area contributed by atoms with Crippen LogP contribution in [0.2, 0.25) is 0 Å². The molecular formula is C19H27N3O2. The van der Waals surface area contributed by atoms with Crippen LogP contribution in [0.25, 0.3) is 10.9 Å². The number of aromatic nitrogens is 1. The third kappa shape index (κ3) is 5.11. The highest BCUT2D eigenvalue weighted by Crippen LogP contribution is 2.17. The zero-order valence-corrected chi connectivity index (χ0v) is 14.6. The molecule has 0 unspecified atom stereocenters. The van der Waals surface area contributed by atoms with Crippen LogP contribution in [0.3, 0.4) is 0 Å². The minimum Gasteiger partial charge on any atom is -0.361 e. The van der Waals surface area contributed by atoms with Gasteiger partial charge in [0.05, 0.1) is 6.42 Å². The van der Waals surface area contributed by atoms with Crippen molar-refractivity contribution in [2.24, 2.45) is 0 Å². The SMILES string of the molecule is CCCCCN(CCNC(=O)Cc1c[nH]c2ccccc12)C(C)=O. The molecule has 0 aliphatic heterocycles. The lowest BCUT2D eigenvalue weighted by molar-refractivity contribution is -0.129. The number of aromatic amines is 1. The molecule has 1 aromatic carbocycles. The first kappa shape index (κ1) is 18.0. The van der Waals surface area contributed by atoms with E-state index in [2.05, 4.69) is 17.2 Å². The lowest BCUT2D eigenvalue weighted by atomic mass is 10.1. The molecule has 2 N–H and O–H groups in total. The number of carbonyl (C=O) groups excluding carboxylic acids is 2. The lowest BCUT2D eigenvalue weighted by Crippen LogP contribution is -2.38. The molecule has 0 aliphatic carbocycles. The predicted molar refractivity (Wildman–Crippen MR) is 96.8 cm³/mol. The maximum atomic E-state index is 12.1. The summed E-state index contributed by atoms with van der Waals surface area (Å²) in [4.78, 5) is 28.7. The number of hydrogen-bond acceptors (Lipinski definition) is 2. The summed E-state index contributed by atoms with van der Waals surface area (Å²) >= 11 is 0. The second-order valence-corrected chi connectivity index (χ2v) is 6.10. The van der Waals surface area contributed by atoms with Gasteiger partial charge in [0.1, 0.15) is 0 Å². The quantitative estimate of drug-likeness (QED) is 0.695. The van der Waals surface area contributed by atoms with Crippen molar-refractivity contribution in [2.45, 2.75) is 39.5 Å². The van der Waals surface area contributed by atoms with Crippen LogP contribution in [0.15, 0.2) is 30.5 Å². The molecule has 1 aromatic heterocycles. The summed E-state index contributed by atoms with van der Waals surface area (Å²) in [5.41, 5.74) is 2.04. The Balaban J connectivity index is 1.79. The van der Waals surface area contributed by atoms with E-state index < -0.39 is 0 Å². The predicted octanol–water partition coefficient (Wildman–Crippen LogP) is 2.87. The van der Waals surface area contributed by atoms with E-state index in [0.717, 1.165) is 42.3 Å². The Kier molecular flexibility index (Phi) is 6.85. The fourth-order valence-corrected chi connectivity index (χ4v) is 2.82. The van der Waals surface area contributed by atoms with Crippen molar-refractivity contribution >= 4 is 22.7 Å². The largest absolute Gasteiger partial charge is 0.361 e. The molecule has 0 spiro atoms. The van der Waals surface area contributed by atoms with E-state index in [9.17, 15) is 9.59 Å². The molecule has 0 bridgehead atoms. The number of carbonyl (C=O) groups is 2. The van der Waals surface area contributed by atoms with Gasteiger partial charge < -0.3 is 15.2 Å². The monoisotopic (exact) mass is 329 g/mol. The third-order valence-corrected chi connectivity index (χ3v) is 4.21. The number of nitrogens with zero attached hydrogens (tertiary/aromatic N) is 1. The number of amides is 2. The van der Waals surface area contributed by atoms with Crippen LogP contribution in [0.4, 0.5) is 0 Å². The number of rotatable bonds is 9. The van der Waals surface area contributed by atoms with Crippen LogP contribution in [0, 0.1) is 0 Å². The molecule has 5 nitrogen and oxygen atoms in total. The summed E-state index contributed by atoms with van der Waals surface area (Å²) in [7, 11) is 0. The topological polar surface area (TPSA) is 65.2 Å². The van der Waals surface area contributed by atoms with Crippen molar-refractivity contribution in [1.29, 1.82) is 0 Å². The fraction of sp³-hybridized carbons (Fsp3) is 0.474. The van der Waals surface area contributed by atoms with E-state index in [1.807, 2.05) is 35.4 Å². The third-order valence-electron chi connectivity index (χ3n) is 4.21. The Morgan fingerprint density at radius 1 is 1.17 bits per heavy atom. The second-order valence-electron chi connectivity index (χ2n) is 6.10. The van der Waals surface area contributed by atoms with Crippen LogP contribution >= 0.6 is 0 Å². The van der Waals surface area contributed by atoms with Crippen LogP contribution in [-0.2, 0) is 16.0 Å². The second kappa shape index (κ2) is 9.11. The van der Waals surface area contributed by atoms with E-state index in [0.29, 0.717) is 19.5 Å². The standard InChI is InChI=1S/C19H27N3O2/c1-3-4-7-11-22(15(2)23)12-10-20-19(24)13-16-14-21-18-9-6-5-8-17(16)18/h5-6,8-9,14,21H,3-4,7,10-13H2,1-2H3,(H,20,24). The molecular weight excluding hydrogens is 302 g/mol. The van der Waals surface area contributed by atoms with Gasteiger partial charge in [-0.3, -0.25) is 9.59 Å². The van der Waals surface area contributed by atoms with Crippen molar-refractivity contribution in [1.82, 2.24) is 15.2 Å². The number of H-pyrrole nitrogens is 1. The lowest BCUT2D eigenvalue weighted by Gasteiger charge is -2.21. The summed E-state index contributed by atoms with van der Waals surface area (Å²) in [6, 6.07) is 7.95. The Hall–Kier alpha value is -2.30. The fourth-order valence-electron chi connectivity index (χ4n) is 2.82. The van der Waals surface area contributed by atoms with Crippen LogP contribution in [0.1, 0.15) is 38.7 Å². The summed E-state index contributed by atoms with van der Waals surface area (Å²) < 4.78 is 0. The number of nitrogens with one attached hydrogen (secondary N) is 2. The molecule has 5 heteroatoms. The highest BCUT2D eigenvalue weighted by atomic mass is 16.2. The van der Waals surface area contributed by atoms with Gasteiger partial charge in [0.15, 0.2) is 0 Å². The molecule has 0 aliphatic rings. The van der Waals surface area contributed by atoms with Crippen LogP contribution in [0.5, 0.6) is 0 Å². The summed E-state index contributed by atoms with van der Waals surface area (Å²) in [6.45, 7) is 5.55. The van der Waals surface area contributed by atoms with Gasteiger partial charge in [0.2, 0.25) is 11.8 Å². The highest BCUT2D eigenvalue weighted by molar-refractivity contribution is 5.88. The van der Waals surface area contributed by atoms with E-state index in [1.54, 1.807) is 6.92 Å². The molecule has 24 heavy (non-hydrogen) atoms. The maximum absolute atomic E-state index is 12.1. The highest BCUT2D eigenvalue weighted by Gasteiger charge is 2.10. The molecule has 0 saturated heterocycles. The number of para-hydroxylation sites is 1. The first-order chi connectivity index (χ1) is 11.6. The van der Waals surface area contributed by atoms with Crippen molar-refractivity contribution in [3.05, 3.63) is 36.0 Å². The van der Waals surface area contributed by atoms with Gasteiger partial charge in [-0.1, -0.05) is 38.0 Å². The molecule has 2 rings (SSSR count). The zero-order chi connectivity index (χ0) is 17.4.